The lowest BCUT2D eigenvalue weighted by molar-refractivity contribution is 0.397. The number of anilines is 1. The van der Waals surface area contributed by atoms with E-state index in [9.17, 15) is 12.8 Å². The van der Waals surface area contributed by atoms with Gasteiger partial charge in [0.2, 0.25) is 15.9 Å². The maximum atomic E-state index is 14.1. The smallest absolute Gasteiger partial charge is 0.232 e. The fraction of sp³-hybridized carbons (Fsp3) is 0.214. The first-order valence-corrected chi connectivity index (χ1v) is 8.45. The number of methoxy groups -OCH3 is 1. The van der Waals surface area contributed by atoms with Crippen molar-refractivity contribution in [2.45, 2.75) is 6.54 Å². The third-order valence-corrected chi connectivity index (χ3v) is 4.27. The molecule has 0 amide bonds. The van der Waals surface area contributed by atoms with Gasteiger partial charge in [0.1, 0.15) is 5.82 Å². The van der Waals surface area contributed by atoms with Gasteiger partial charge in [-0.1, -0.05) is 11.6 Å². The van der Waals surface area contributed by atoms with Crippen LogP contribution < -0.4 is 9.04 Å². The van der Waals surface area contributed by atoms with Crippen molar-refractivity contribution in [3.8, 4) is 5.88 Å². The molecule has 0 atom stereocenters. The standard InChI is InChI=1S/C14H14ClFN2O3S/c1-21-14-7-10(5-6-17-14)9-18(22(2,19)20)13-4-3-11(15)8-12(13)16/h3-8H,9H2,1-2H3. The van der Waals surface area contributed by atoms with Crippen LogP contribution in [0.4, 0.5) is 10.1 Å². The van der Waals surface area contributed by atoms with E-state index in [1.54, 1.807) is 12.1 Å². The van der Waals surface area contributed by atoms with Gasteiger partial charge < -0.3 is 4.74 Å². The summed E-state index contributed by atoms with van der Waals surface area (Å²) in [7, 11) is -2.22. The van der Waals surface area contributed by atoms with Gasteiger partial charge in [0, 0.05) is 17.3 Å². The number of sulfonamides is 1. The molecule has 0 fully saturated rings. The number of nitrogens with zero attached hydrogens (tertiary/aromatic N) is 2. The second kappa shape index (κ2) is 6.50. The normalized spacial score (nSPS) is 11.3. The second-order valence-electron chi connectivity index (χ2n) is 4.57. The molecule has 0 saturated carbocycles. The molecule has 1 aromatic heterocycles. The van der Waals surface area contributed by atoms with E-state index in [2.05, 4.69) is 4.98 Å². The summed E-state index contributed by atoms with van der Waals surface area (Å²) < 4.78 is 44.0. The molecular weight excluding hydrogens is 331 g/mol. The van der Waals surface area contributed by atoms with Crippen LogP contribution in [0.5, 0.6) is 5.88 Å². The van der Waals surface area contributed by atoms with Crippen LogP contribution in [0.1, 0.15) is 5.56 Å². The van der Waals surface area contributed by atoms with Crippen LogP contribution in [0, 0.1) is 5.82 Å². The molecule has 2 aromatic rings. The fourth-order valence-corrected chi connectivity index (χ4v) is 2.94. The Labute approximate surface area is 133 Å². The summed E-state index contributed by atoms with van der Waals surface area (Å²) in [6.45, 7) is -0.0454. The number of ether oxygens (including phenoxy) is 1. The van der Waals surface area contributed by atoms with Crippen molar-refractivity contribution in [1.82, 2.24) is 4.98 Å². The van der Waals surface area contributed by atoms with Crippen molar-refractivity contribution in [2.24, 2.45) is 0 Å². The average molecular weight is 345 g/mol. The first kappa shape index (κ1) is 16.5. The van der Waals surface area contributed by atoms with E-state index in [1.807, 2.05) is 0 Å². The monoisotopic (exact) mass is 344 g/mol. The summed E-state index contributed by atoms with van der Waals surface area (Å²) in [5.41, 5.74) is 0.550. The van der Waals surface area contributed by atoms with Crippen molar-refractivity contribution in [1.29, 1.82) is 0 Å². The number of halogens is 2. The molecule has 0 bridgehead atoms. The molecule has 0 spiro atoms. The molecule has 0 aliphatic rings. The second-order valence-corrected chi connectivity index (χ2v) is 6.92. The molecule has 0 radical (unpaired) electrons. The molecule has 8 heteroatoms. The van der Waals surface area contributed by atoms with E-state index in [1.165, 1.54) is 25.4 Å². The third kappa shape index (κ3) is 3.86. The van der Waals surface area contributed by atoms with Crippen molar-refractivity contribution < 1.29 is 17.5 Å². The molecule has 1 heterocycles. The number of pyridine rings is 1. The molecule has 0 N–H and O–H groups in total. The minimum absolute atomic E-state index is 0.0454. The molecular formula is C14H14ClFN2O3S. The predicted octanol–water partition coefficient (Wildman–Crippen LogP) is 2.85. The third-order valence-electron chi connectivity index (χ3n) is 2.91. The average Bonchev–Trinajstić information content (AvgIpc) is 2.45. The Morgan fingerprint density at radius 1 is 1.32 bits per heavy atom. The van der Waals surface area contributed by atoms with Crippen molar-refractivity contribution in [3.05, 3.63) is 52.9 Å². The topological polar surface area (TPSA) is 59.5 Å². The van der Waals surface area contributed by atoms with Gasteiger partial charge in [-0.15, -0.1) is 0 Å². The lowest BCUT2D eigenvalue weighted by Crippen LogP contribution is -2.30. The maximum absolute atomic E-state index is 14.1. The van der Waals surface area contributed by atoms with E-state index in [0.29, 0.717) is 11.4 Å². The Balaban J connectivity index is 2.43. The minimum atomic E-state index is -3.68. The number of aromatic nitrogens is 1. The summed E-state index contributed by atoms with van der Waals surface area (Å²) in [6, 6.07) is 7.06. The van der Waals surface area contributed by atoms with E-state index < -0.39 is 15.8 Å². The van der Waals surface area contributed by atoms with Gasteiger partial charge in [0.15, 0.2) is 0 Å². The highest BCUT2D eigenvalue weighted by molar-refractivity contribution is 7.92. The summed E-state index contributed by atoms with van der Waals surface area (Å²) in [4.78, 5) is 3.95. The van der Waals surface area contributed by atoms with Crippen LogP contribution in [0.25, 0.3) is 0 Å². The molecule has 118 valence electrons. The fourth-order valence-electron chi connectivity index (χ4n) is 1.89. The summed E-state index contributed by atoms with van der Waals surface area (Å²) >= 11 is 5.70. The van der Waals surface area contributed by atoms with Gasteiger partial charge in [-0.3, -0.25) is 4.31 Å². The first-order valence-electron chi connectivity index (χ1n) is 6.23. The van der Waals surface area contributed by atoms with E-state index in [4.69, 9.17) is 16.3 Å². The molecule has 0 saturated heterocycles. The zero-order valence-corrected chi connectivity index (χ0v) is 13.5. The Morgan fingerprint density at radius 2 is 2.05 bits per heavy atom. The SMILES string of the molecule is COc1cc(CN(c2ccc(Cl)cc2F)S(C)(=O)=O)ccn1. The predicted molar refractivity (Wildman–Crippen MR) is 83.2 cm³/mol. The first-order chi connectivity index (χ1) is 10.3. The highest BCUT2D eigenvalue weighted by atomic mass is 35.5. The van der Waals surface area contributed by atoms with Crippen molar-refractivity contribution >= 4 is 27.3 Å². The molecule has 5 nitrogen and oxygen atoms in total. The summed E-state index contributed by atoms with van der Waals surface area (Å²) in [6.07, 6.45) is 2.51. The number of hydrogen-bond donors (Lipinski definition) is 0. The quantitative estimate of drug-likeness (QED) is 0.836. The van der Waals surface area contributed by atoms with Gasteiger partial charge in [0.05, 0.1) is 25.6 Å². The Morgan fingerprint density at radius 3 is 2.64 bits per heavy atom. The Kier molecular flexibility index (Phi) is 4.87. The van der Waals surface area contributed by atoms with Crippen LogP contribution >= 0.6 is 11.6 Å². The lowest BCUT2D eigenvalue weighted by Gasteiger charge is -2.23. The van der Waals surface area contributed by atoms with Crippen molar-refractivity contribution in [3.63, 3.8) is 0 Å². The van der Waals surface area contributed by atoms with Crippen LogP contribution in [-0.2, 0) is 16.6 Å². The van der Waals surface area contributed by atoms with Crippen molar-refractivity contribution in [2.75, 3.05) is 17.7 Å². The van der Waals surface area contributed by atoms with E-state index in [-0.39, 0.29) is 17.3 Å². The minimum Gasteiger partial charge on any atom is -0.481 e. The van der Waals surface area contributed by atoms with E-state index >= 15 is 0 Å². The maximum Gasteiger partial charge on any atom is 0.232 e. The zero-order valence-electron chi connectivity index (χ0n) is 12.0. The molecule has 22 heavy (non-hydrogen) atoms. The van der Waals surface area contributed by atoms with Gasteiger partial charge >= 0.3 is 0 Å². The van der Waals surface area contributed by atoms with Gasteiger partial charge in [-0.05, 0) is 29.8 Å². The Bertz CT molecular complexity index is 783. The number of rotatable bonds is 5. The van der Waals surface area contributed by atoms with Gasteiger partial charge in [-0.25, -0.2) is 17.8 Å². The van der Waals surface area contributed by atoms with Crippen LogP contribution in [0.15, 0.2) is 36.5 Å². The molecule has 0 aliphatic carbocycles. The molecule has 1 aromatic carbocycles. The Hall–Kier alpha value is -1.86. The number of benzene rings is 1. The number of hydrogen-bond acceptors (Lipinski definition) is 4. The molecule has 0 unspecified atom stereocenters. The lowest BCUT2D eigenvalue weighted by atomic mass is 10.2. The van der Waals surface area contributed by atoms with E-state index in [0.717, 1.165) is 16.6 Å². The van der Waals surface area contributed by atoms with Crippen LogP contribution in [0.2, 0.25) is 5.02 Å². The molecule has 2 rings (SSSR count). The van der Waals surface area contributed by atoms with Crippen LogP contribution in [0.3, 0.4) is 0 Å². The highest BCUT2D eigenvalue weighted by Crippen LogP contribution is 2.27. The summed E-state index contributed by atoms with van der Waals surface area (Å²) in [5, 5.41) is 0.195. The van der Waals surface area contributed by atoms with Crippen LogP contribution in [-0.4, -0.2) is 26.8 Å². The molecule has 0 aliphatic heterocycles. The summed E-state index contributed by atoms with van der Waals surface area (Å²) in [5.74, 6) is -0.360. The zero-order chi connectivity index (χ0) is 16.3. The highest BCUT2D eigenvalue weighted by Gasteiger charge is 2.21. The largest absolute Gasteiger partial charge is 0.481 e. The van der Waals surface area contributed by atoms with Gasteiger partial charge in [-0.2, -0.15) is 0 Å². The van der Waals surface area contributed by atoms with Gasteiger partial charge in [0.25, 0.3) is 0 Å².